The van der Waals surface area contributed by atoms with Crippen molar-refractivity contribution in [2.45, 2.75) is 20.4 Å². The average Bonchev–Trinajstić information content (AvgIpc) is 2.76. The van der Waals surface area contributed by atoms with Gasteiger partial charge in [-0.15, -0.1) is 6.42 Å². The van der Waals surface area contributed by atoms with Crippen LogP contribution in [-0.4, -0.2) is 9.78 Å². The molecule has 2 rings (SSSR count). The molecule has 0 saturated carbocycles. The summed E-state index contributed by atoms with van der Waals surface area (Å²) in [5.74, 6) is 3.30. The third-order valence-corrected chi connectivity index (χ3v) is 2.58. The Labute approximate surface area is 102 Å². The second-order valence-corrected chi connectivity index (χ2v) is 4.53. The molecule has 0 saturated heterocycles. The largest absolute Gasteiger partial charge is 0.272 e. The van der Waals surface area contributed by atoms with E-state index in [4.69, 9.17) is 6.42 Å². The van der Waals surface area contributed by atoms with Crippen LogP contribution in [0.25, 0.3) is 11.1 Å². The lowest BCUT2D eigenvalue weighted by Gasteiger charge is -2.04. The van der Waals surface area contributed by atoms with Crippen LogP contribution in [0.2, 0.25) is 0 Å². The fourth-order valence-corrected chi connectivity index (χ4v) is 1.84. The molecule has 1 heterocycles. The number of nitrogens with zero attached hydrogens (tertiary/aromatic N) is 2. The summed E-state index contributed by atoms with van der Waals surface area (Å²) in [5, 5.41) is 4.36. The number of hydrogen-bond donors (Lipinski definition) is 0. The zero-order valence-corrected chi connectivity index (χ0v) is 10.2. The SMILES string of the molecule is C#Cc1ccccc1-c1cnn(CC(C)C)c1. The quantitative estimate of drug-likeness (QED) is 0.732. The van der Waals surface area contributed by atoms with Gasteiger partial charge in [0.1, 0.15) is 0 Å². The predicted molar refractivity (Wildman–Crippen MR) is 70.4 cm³/mol. The molecule has 2 aromatic rings. The lowest BCUT2D eigenvalue weighted by Crippen LogP contribution is -2.03. The lowest BCUT2D eigenvalue weighted by atomic mass is 10.0. The molecule has 0 aliphatic rings. The molecule has 1 aromatic carbocycles. The minimum atomic E-state index is 0.589. The summed E-state index contributed by atoms with van der Waals surface area (Å²) < 4.78 is 1.97. The third-order valence-electron chi connectivity index (χ3n) is 2.58. The molecule has 0 N–H and O–H groups in total. The van der Waals surface area contributed by atoms with Crippen LogP contribution >= 0.6 is 0 Å². The molecule has 0 spiro atoms. The molecule has 17 heavy (non-hydrogen) atoms. The second-order valence-electron chi connectivity index (χ2n) is 4.53. The molecule has 2 heteroatoms. The maximum atomic E-state index is 5.50. The third kappa shape index (κ3) is 2.57. The van der Waals surface area contributed by atoms with Gasteiger partial charge in [0, 0.05) is 29.4 Å². The highest BCUT2D eigenvalue weighted by Gasteiger charge is 2.06. The maximum Gasteiger partial charge on any atom is 0.0568 e. The first kappa shape index (κ1) is 11.5. The smallest absolute Gasteiger partial charge is 0.0568 e. The summed E-state index contributed by atoms with van der Waals surface area (Å²) in [6.45, 7) is 5.28. The minimum Gasteiger partial charge on any atom is -0.272 e. The van der Waals surface area contributed by atoms with Crippen molar-refractivity contribution in [1.29, 1.82) is 0 Å². The van der Waals surface area contributed by atoms with Crippen molar-refractivity contribution >= 4 is 0 Å². The van der Waals surface area contributed by atoms with E-state index in [1.807, 2.05) is 35.1 Å². The van der Waals surface area contributed by atoms with Crippen LogP contribution in [0.1, 0.15) is 19.4 Å². The Morgan fingerprint density at radius 1 is 1.35 bits per heavy atom. The standard InChI is InChI=1S/C15H16N2/c1-4-13-7-5-6-8-15(13)14-9-16-17(11-14)10-12(2)3/h1,5-9,11-12H,10H2,2-3H3. The zero-order chi connectivity index (χ0) is 12.3. The Kier molecular flexibility index (Phi) is 3.30. The molecule has 1 aromatic heterocycles. The summed E-state index contributed by atoms with van der Waals surface area (Å²) in [6, 6.07) is 7.94. The van der Waals surface area contributed by atoms with Gasteiger partial charge < -0.3 is 0 Å². The average molecular weight is 224 g/mol. The summed E-state index contributed by atoms with van der Waals surface area (Å²) >= 11 is 0. The molecule has 0 amide bonds. The Morgan fingerprint density at radius 2 is 2.12 bits per heavy atom. The Balaban J connectivity index is 2.34. The Bertz CT molecular complexity index is 544. The van der Waals surface area contributed by atoms with Crippen molar-refractivity contribution in [1.82, 2.24) is 9.78 Å². The van der Waals surface area contributed by atoms with Gasteiger partial charge in [-0.05, 0) is 12.0 Å². The molecule has 0 radical (unpaired) electrons. The van der Waals surface area contributed by atoms with E-state index in [0.29, 0.717) is 5.92 Å². The number of rotatable bonds is 3. The second kappa shape index (κ2) is 4.88. The molecule has 86 valence electrons. The first-order chi connectivity index (χ1) is 8.20. The van der Waals surface area contributed by atoms with Crippen LogP contribution < -0.4 is 0 Å². The van der Waals surface area contributed by atoms with Gasteiger partial charge >= 0.3 is 0 Å². The van der Waals surface area contributed by atoms with Crippen molar-refractivity contribution in [3.63, 3.8) is 0 Å². The van der Waals surface area contributed by atoms with Gasteiger partial charge in [0.05, 0.1) is 6.20 Å². The first-order valence-electron chi connectivity index (χ1n) is 5.79. The predicted octanol–water partition coefficient (Wildman–Crippen LogP) is 3.19. The molecule has 0 aliphatic carbocycles. The van der Waals surface area contributed by atoms with E-state index in [-0.39, 0.29) is 0 Å². The summed E-state index contributed by atoms with van der Waals surface area (Å²) in [4.78, 5) is 0. The highest BCUT2D eigenvalue weighted by Crippen LogP contribution is 2.22. The maximum absolute atomic E-state index is 5.50. The molecule has 0 fully saturated rings. The van der Waals surface area contributed by atoms with Crippen LogP contribution in [0.4, 0.5) is 0 Å². The van der Waals surface area contributed by atoms with Crippen molar-refractivity contribution in [2.24, 2.45) is 5.92 Å². The van der Waals surface area contributed by atoms with Gasteiger partial charge in [0.25, 0.3) is 0 Å². The van der Waals surface area contributed by atoms with Crippen molar-refractivity contribution in [2.75, 3.05) is 0 Å². The highest BCUT2D eigenvalue weighted by molar-refractivity contribution is 5.69. The summed E-state index contributed by atoms with van der Waals surface area (Å²) in [6.07, 6.45) is 9.42. The minimum absolute atomic E-state index is 0.589. The molecule has 0 atom stereocenters. The van der Waals surface area contributed by atoms with Gasteiger partial charge in [0.2, 0.25) is 0 Å². The van der Waals surface area contributed by atoms with E-state index in [2.05, 4.69) is 31.1 Å². The monoisotopic (exact) mass is 224 g/mol. The van der Waals surface area contributed by atoms with E-state index < -0.39 is 0 Å². The van der Waals surface area contributed by atoms with Gasteiger partial charge in [-0.25, -0.2) is 0 Å². The van der Waals surface area contributed by atoms with Crippen molar-refractivity contribution in [3.05, 3.63) is 42.2 Å². The van der Waals surface area contributed by atoms with E-state index in [1.54, 1.807) is 0 Å². The number of hydrogen-bond acceptors (Lipinski definition) is 1. The molecule has 0 bridgehead atoms. The van der Waals surface area contributed by atoms with E-state index in [0.717, 1.165) is 23.2 Å². The molecular formula is C15H16N2. The number of aromatic nitrogens is 2. The highest BCUT2D eigenvalue weighted by atomic mass is 15.3. The lowest BCUT2D eigenvalue weighted by molar-refractivity contribution is 0.483. The molecule has 2 nitrogen and oxygen atoms in total. The van der Waals surface area contributed by atoms with E-state index >= 15 is 0 Å². The van der Waals surface area contributed by atoms with Crippen molar-refractivity contribution < 1.29 is 0 Å². The van der Waals surface area contributed by atoms with Crippen LogP contribution in [0.3, 0.4) is 0 Å². The van der Waals surface area contributed by atoms with Crippen LogP contribution in [0, 0.1) is 18.3 Å². The molecular weight excluding hydrogens is 208 g/mol. The van der Waals surface area contributed by atoms with Crippen LogP contribution in [-0.2, 0) is 6.54 Å². The number of terminal acetylenes is 1. The van der Waals surface area contributed by atoms with E-state index in [9.17, 15) is 0 Å². The fraction of sp³-hybridized carbons (Fsp3) is 0.267. The molecule has 0 aliphatic heterocycles. The number of benzene rings is 1. The van der Waals surface area contributed by atoms with Gasteiger partial charge in [-0.1, -0.05) is 38.0 Å². The zero-order valence-electron chi connectivity index (χ0n) is 10.2. The van der Waals surface area contributed by atoms with Gasteiger partial charge in [0.15, 0.2) is 0 Å². The Morgan fingerprint density at radius 3 is 2.82 bits per heavy atom. The normalized spacial score (nSPS) is 10.5. The summed E-state index contributed by atoms with van der Waals surface area (Å²) in [7, 11) is 0. The van der Waals surface area contributed by atoms with Crippen molar-refractivity contribution in [3.8, 4) is 23.5 Å². The topological polar surface area (TPSA) is 17.8 Å². The van der Waals surface area contributed by atoms with Crippen LogP contribution in [0.15, 0.2) is 36.7 Å². The van der Waals surface area contributed by atoms with E-state index in [1.165, 1.54) is 0 Å². The molecule has 0 unspecified atom stereocenters. The van der Waals surface area contributed by atoms with Gasteiger partial charge in [-0.2, -0.15) is 5.10 Å². The Hall–Kier alpha value is -2.01. The van der Waals surface area contributed by atoms with Crippen LogP contribution in [0.5, 0.6) is 0 Å². The summed E-state index contributed by atoms with van der Waals surface area (Å²) in [5.41, 5.74) is 3.07. The fourth-order valence-electron chi connectivity index (χ4n) is 1.84. The van der Waals surface area contributed by atoms with Gasteiger partial charge in [-0.3, -0.25) is 4.68 Å². The first-order valence-corrected chi connectivity index (χ1v) is 5.79.